The molecular formula is C31H22BrNO3. The number of hydrogen-bond donors (Lipinski definition) is 0. The SMILES string of the molecule is O=c1cccc2cc3c(-c4ccccc4)c4c(=O)n(CCCCBr)c(=O)c4c(-c4ccccc4)c3c1-2. The van der Waals surface area contributed by atoms with E-state index in [0.717, 1.165) is 51.2 Å². The summed E-state index contributed by atoms with van der Waals surface area (Å²) in [4.78, 5) is 41.1. The van der Waals surface area contributed by atoms with Gasteiger partial charge in [-0.3, -0.25) is 19.0 Å². The Morgan fingerprint density at radius 2 is 1.17 bits per heavy atom. The first-order valence-electron chi connectivity index (χ1n) is 12.0. The van der Waals surface area contributed by atoms with E-state index in [2.05, 4.69) is 15.9 Å². The second-order valence-electron chi connectivity index (χ2n) is 9.04. The highest BCUT2D eigenvalue weighted by atomic mass is 79.9. The molecule has 0 aliphatic heterocycles. The molecule has 36 heavy (non-hydrogen) atoms. The summed E-state index contributed by atoms with van der Waals surface area (Å²) in [5, 5.41) is 3.20. The second kappa shape index (κ2) is 8.99. The van der Waals surface area contributed by atoms with Gasteiger partial charge in [-0.1, -0.05) is 88.7 Å². The normalized spacial score (nSPS) is 11.7. The van der Waals surface area contributed by atoms with Crippen LogP contribution in [0.25, 0.3) is 54.9 Å². The van der Waals surface area contributed by atoms with Gasteiger partial charge < -0.3 is 0 Å². The molecule has 1 heterocycles. The van der Waals surface area contributed by atoms with Crippen LogP contribution in [0.4, 0.5) is 0 Å². The second-order valence-corrected chi connectivity index (χ2v) is 9.84. The molecule has 1 aromatic heterocycles. The van der Waals surface area contributed by atoms with Crippen molar-refractivity contribution in [2.24, 2.45) is 0 Å². The number of halogens is 1. The topological polar surface area (TPSA) is 56.1 Å². The van der Waals surface area contributed by atoms with Crippen LogP contribution in [0.15, 0.2) is 99.3 Å². The van der Waals surface area contributed by atoms with Crippen molar-refractivity contribution in [1.82, 2.24) is 4.57 Å². The molecule has 6 rings (SSSR count). The van der Waals surface area contributed by atoms with Crippen molar-refractivity contribution >= 4 is 37.5 Å². The molecule has 0 saturated heterocycles. The molecule has 0 atom stereocenters. The molecule has 5 heteroatoms. The van der Waals surface area contributed by atoms with Gasteiger partial charge in [0.1, 0.15) is 0 Å². The maximum atomic E-state index is 14.0. The van der Waals surface area contributed by atoms with Crippen LogP contribution in [0.5, 0.6) is 0 Å². The third kappa shape index (κ3) is 3.38. The van der Waals surface area contributed by atoms with Crippen molar-refractivity contribution in [2.45, 2.75) is 19.4 Å². The van der Waals surface area contributed by atoms with E-state index in [1.165, 1.54) is 4.57 Å². The number of aromatic nitrogens is 1. The molecule has 0 unspecified atom stereocenters. The molecule has 2 aliphatic carbocycles. The van der Waals surface area contributed by atoms with Gasteiger partial charge in [-0.25, -0.2) is 0 Å². The van der Waals surface area contributed by atoms with Crippen molar-refractivity contribution in [1.29, 1.82) is 0 Å². The van der Waals surface area contributed by atoms with Crippen LogP contribution in [0.3, 0.4) is 0 Å². The van der Waals surface area contributed by atoms with Crippen LogP contribution >= 0.6 is 15.9 Å². The van der Waals surface area contributed by atoms with Crippen LogP contribution in [0, 0.1) is 0 Å². The summed E-state index contributed by atoms with van der Waals surface area (Å²) in [6, 6.07) is 26.5. The Kier molecular flexibility index (Phi) is 5.65. The lowest BCUT2D eigenvalue weighted by Gasteiger charge is -2.12. The predicted octanol–water partition coefficient (Wildman–Crippen LogP) is 6.36. The first-order valence-corrected chi connectivity index (χ1v) is 13.2. The quantitative estimate of drug-likeness (QED) is 0.184. The summed E-state index contributed by atoms with van der Waals surface area (Å²) in [7, 11) is 0. The van der Waals surface area contributed by atoms with E-state index in [0.29, 0.717) is 28.4 Å². The van der Waals surface area contributed by atoms with Gasteiger partial charge in [0.15, 0.2) is 5.43 Å². The third-order valence-electron chi connectivity index (χ3n) is 6.96. The molecule has 2 aliphatic rings. The Morgan fingerprint density at radius 1 is 0.583 bits per heavy atom. The zero-order valence-corrected chi connectivity index (χ0v) is 21.0. The summed E-state index contributed by atoms with van der Waals surface area (Å²) in [6.07, 6.45) is 1.58. The molecule has 0 radical (unpaired) electrons. The number of nitrogens with zero attached hydrogens (tertiary/aromatic N) is 1. The van der Waals surface area contributed by atoms with Crippen molar-refractivity contribution in [3.05, 3.63) is 116 Å². The van der Waals surface area contributed by atoms with Gasteiger partial charge >= 0.3 is 0 Å². The Morgan fingerprint density at radius 3 is 1.81 bits per heavy atom. The smallest absolute Gasteiger partial charge is 0.262 e. The van der Waals surface area contributed by atoms with Crippen LogP contribution in [0.1, 0.15) is 12.8 Å². The molecule has 0 bridgehead atoms. The lowest BCUT2D eigenvalue weighted by Crippen LogP contribution is -2.25. The maximum Gasteiger partial charge on any atom is 0.262 e. The van der Waals surface area contributed by atoms with E-state index in [1.54, 1.807) is 12.1 Å². The largest absolute Gasteiger partial charge is 0.289 e. The maximum absolute atomic E-state index is 14.0. The fourth-order valence-electron chi connectivity index (χ4n) is 5.42. The highest BCUT2D eigenvalue weighted by Gasteiger charge is 2.28. The first-order chi connectivity index (χ1) is 17.6. The minimum absolute atomic E-state index is 0.0930. The van der Waals surface area contributed by atoms with Crippen LogP contribution in [-0.4, -0.2) is 9.90 Å². The van der Waals surface area contributed by atoms with Gasteiger partial charge in [0.05, 0.1) is 10.8 Å². The van der Waals surface area contributed by atoms with Crippen LogP contribution < -0.4 is 16.5 Å². The Balaban J connectivity index is 1.90. The van der Waals surface area contributed by atoms with E-state index < -0.39 is 0 Å². The van der Waals surface area contributed by atoms with Gasteiger partial charge in [0, 0.05) is 34.0 Å². The van der Waals surface area contributed by atoms with Crippen molar-refractivity contribution < 1.29 is 0 Å². The third-order valence-corrected chi connectivity index (χ3v) is 7.52. The average Bonchev–Trinajstić information content (AvgIpc) is 3.40. The van der Waals surface area contributed by atoms with Gasteiger partial charge in [-0.15, -0.1) is 0 Å². The lowest BCUT2D eigenvalue weighted by atomic mass is 9.88. The molecule has 0 N–H and O–H groups in total. The van der Waals surface area contributed by atoms with Crippen LogP contribution in [0.2, 0.25) is 0 Å². The molecule has 4 nitrogen and oxygen atoms in total. The van der Waals surface area contributed by atoms with E-state index in [9.17, 15) is 14.4 Å². The summed E-state index contributed by atoms with van der Waals surface area (Å²) in [5.74, 6) is 0. The summed E-state index contributed by atoms with van der Waals surface area (Å²) < 4.78 is 1.38. The van der Waals surface area contributed by atoms with E-state index in [4.69, 9.17) is 0 Å². The average molecular weight is 536 g/mol. The number of hydrogen-bond acceptors (Lipinski definition) is 3. The van der Waals surface area contributed by atoms with Crippen molar-refractivity contribution in [3.63, 3.8) is 0 Å². The molecular weight excluding hydrogens is 514 g/mol. The van der Waals surface area contributed by atoms with Gasteiger partial charge in [-0.2, -0.15) is 0 Å². The van der Waals surface area contributed by atoms with E-state index >= 15 is 0 Å². The van der Waals surface area contributed by atoms with Gasteiger partial charge in [0.2, 0.25) is 0 Å². The van der Waals surface area contributed by atoms with Crippen molar-refractivity contribution in [2.75, 3.05) is 5.33 Å². The molecule has 176 valence electrons. The Bertz CT molecular complexity index is 1850. The first kappa shape index (κ1) is 22.6. The molecule has 0 fully saturated rings. The van der Waals surface area contributed by atoms with Crippen LogP contribution in [-0.2, 0) is 6.54 Å². The lowest BCUT2D eigenvalue weighted by molar-refractivity contribution is 0.613. The number of alkyl halides is 1. The number of rotatable bonds is 6. The minimum Gasteiger partial charge on any atom is -0.289 e. The minimum atomic E-state index is -0.291. The highest BCUT2D eigenvalue weighted by molar-refractivity contribution is 9.09. The Labute approximate surface area is 215 Å². The zero-order valence-electron chi connectivity index (χ0n) is 19.5. The molecule has 0 saturated carbocycles. The number of fused-ring (bicyclic) bond motifs is 4. The Hall–Kier alpha value is -3.83. The highest BCUT2D eigenvalue weighted by Crippen LogP contribution is 2.47. The fraction of sp³-hybridized carbons (Fsp3) is 0.129. The molecule has 0 amide bonds. The number of unbranched alkanes of at least 4 members (excludes halogenated alkanes) is 1. The zero-order chi connectivity index (χ0) is 24.8. The monoisotopic (exact) mass is 535 g/mol. The predicted molar refractivity (Wildman–Crippen MR) is 151 cm³/mol. The standard InChI is InChI=1S/C31H22BrNO3/c32-16-7-8-17-33-30(35)28-24(19-10-3-1-4-11-19)22-18-21-14-9-15-23(34)25(21)27(22)26(29(28)31(33)36)20-12-5-2-6-13-20/h1-6,9-15,18H,7-8,16-17H2. The molecule has 4 aromatic rings. The van der Waals surface area contributed by atoms with E-state index in [1.807, 2.05) is 72.8 Å². The summed E-state index contributed by atoms with van der Waals surface area (Å²) in [5.41, 5.74) is 3.80. The van der Waals surface area contributed by atoms with Gasteiger partial charge in [0.25, 0.3) is 11.1 Å². The van der Waals surface area contributed by atoms with Crippen molar-refractivity contribution in [3.8, 4) is 33.4 Å². The van der Waals surface area contributed by atoms with E-state index in [-0.39, 0.29) is 16.5 Å². The summed E-state index contributed by atoms with van der Waals surface area (Å²) >= 11 is 3.44. The molecule has 3 aromatic carbocycles. The van der Waals surface area contributed by atoms with Gasteiger partial charge in [-0.05, 0) is 47.1 Å². The fourth-order valence-corrected chi connectivity index (χ4v) is 5.82. The molecule has 0 spiro atoms. The number of benzene rings is 4. The summed E-state index contributed by atoms with van der Waals surface area (Å²) in [6.45, 7) is 0.359.